The van der Waals surface area contributed by atoms with Crippen molar-refractivity contribution in [3.63, 3.8) is 0 Å². The van der Waals surface area contributed by atoms with Crippen molar-refractivity contribution in [2.24, 2.45) is 0 Å². The molecule has 0 aliphatic rings. The standard InChI is InChI=1S/C67H131NO5/c1-3-5-7-9-11-13-15-39-43-47-51-55-59-65(70)64(63-69)68-66(71)60-56-52-48-44-40-37-35-33-31-29-27-25-23-21-19-17-18-20-22-24-26-28-30-32-34-36-38-42-46-50-54-58-62-73-67(72)61-57-53-49-45-41-16-14-12-10-8-6-4-2/h12,14,64-65,69-70H,3-11,13,15-63H2,1-2H3,(H,68,71)/b14-12-. The summed E-state index contributed by atoms with van der Waals surface area (Å²) in [6.45, 7) is 4.95. The minimum atomic E-state index is -0.659. The smallest absolute Gasteiger partial charge is 0.305 e. The molecule has 6 heteroatoms. The van der Waals surface area contributed by atoms with Crippen LogP contribution in [0, 0.1) is 0 Å². The zero-order valence-electron chi connectivity index (χ0n) is 49.6. The van der Waals surface area contributed by atoms with Crippen LogP contribution in [0.3, 0.4) is 0 Å². The lowest BCUT2D eigenvalue weighted by atomic mass is 10.0. The molecule has 0 aromatic carbocycles. The van der Waals surface area contributed by atoms with E-state index in [1.807, 2.05) is 0 Å². The van der Waals surface area contributed by atoms with Gasteiger partial charge in [0.25, 0.3) is 0 Å². The number of esters is 1. The van der Waals surface area contributed by atoms with Crippen molar-refractivity contribution in [1.82, 2.24) is 5.32 Å². The number of aliphatic hydroxyl groups is 2. The number of ether oxygens (including phenoxy) is 1. The summed E-state index contributed by atoms with van der Waals surface area (Å²) < 4.78 is 5.47. The largest absolute Gasteiger partial charge is 0.466 e. The monoisotopic (exact) mass is 1030 g/mol. The molecule has 0 fully saturated rings. The van der Waals surface area contributed by atoms with Crippen molar-refractivity contribution < 1.29 is 24.5 Å². The van der Waals surface area contributed by atoms with E-state index in [4.69, 9.17) is 4.74 Å². The summed E-state index contributed by atoms with van der Waals surface area (Å²) in [5.41, 5.74) is 0. The van der Waals surface area contributed by atoms with Gasteiger partial charge in [0.05, 0.1) is 25.4 Å². The zero-order chi connectivity index (χ0) is 52.9. The lowest BCUT2D eigenvalue weighted by Gasteiger charge is -2.22. The van der Waals surface area contributed by atoms with E-state index >= 15 is 0 Å². The number of carbonyl (C=O) groups is 2. The molecule has 0 bridgehead atoms. The summed E-state index contributed by atoms with van der Waals surface area (Å²) in [5.74, 6) is -0.0172. The average Bonchev–Trinajstić information content (AvgIpc) is 3.39. The number of hydrogen-bond acceptors (Lipinski definition) is 5. The van der Waals surface area contributed by atoms with Gasteiger partial charge in [-0.05, 0) is 51.4 Å². The van der Waals surface area contributed by atoms with Gasteiger partial charge in [-0.15, -0.1) is 0 Å². The third kappa shape index (κ3) is 59.7. The van der Waals surface area contributed by atoms with E-state index in [-0.39, 0.29) is 18.5 Å². The predicted molar refractivity (Wildman–Crippen MR) is 320 cm³/mol. The van der Waals surface area contributed by atoms with Gasteiger partial charge in [0.2, 0.25) is 5.91 Å². The van der Waals surface area contributed by atoms with Gasteiger partial charge in [-0.1, -0.05) is 328 Å². The van der Waals surface area contributed by atoms with Crippen LogP contribution in [0.4, 0.5) is 0 Å². The van der Waals surface area contributed by atoms with Crippen molar-refractivity contribution in [2.45, 2.75) is 392 Å². The van der Waals surface area contributed by atoms with Crippen molar-refractivity contribution >= 4 is 11.9 Å². The molecule has 0 aromatic heterocycles. The Kier molecular flexibility index (Phi) is 61.9. The SMILES string of the molecule is CCCCC/C=C\CCCCCCCC(=O)OCCCCCCCCCCCCCCCCCCCCCCCCCCCCCCCCCCC(=O)NC(CO)C(O)CCCCCCCCCCCCCC. The van der Waals surface area contributed by atoms with Crippen LogP contribution in [0.1, 0.15) is 380 Å². The molecule has 2 atom stereocenters. The molecule has 0 aliphatic heterocycles. The first-order valence-electron chi connectivity index (χ1n) is 33.4. The maximum Gasteiger partial charge on any atom is 0.305 e. The minimum absolute atomic E-state index is 0.0116. The summed E-state index contributed by atoms with van der Waals surface area (Å²) in [6.07, 6.45) is 76.9. The molecule has 0 rings (SSSR count). The number of unbranched alkanes of at least 4 members (excludes halogenated alkanes) is 50. The molecule has 0 saturated carbocycles. The molecule has 2 unspecified atom stereocenters. The predicted octanol–water partition coefficient (Wildman–Crippen LogP) is 21.2. The zero-order valence-corrected chi connectivity index (χ0v) is 49.6. The van der Waals surface area contributed by atoms with Crippen LogP contribution in [-0.4, -0.2) is 47.4 Å². The van der Waals surface area contributed by atoms with Crippen molar-refractivity contribution in [3.05, 3.63) is 12.2 Å². The van der Waals surface area contributed by atoms with Crippen LogP contribution in [0.2, 0.25) is 0 Å². The number of amides is 1. The second kappa shape index (κ2) is 63.1. The Morgan fingerprint density at radius 3 is 1.00 bits per heavy atom. The summed E-state index contributed by atoms with van der Waals surface area (Å²) in [7, 11) is 0. The van der Waals surface area contributed by atoms with E-state index < -0.39 is 12.1 Å². The molecule has 434 valence electrons. The molecular formula is C67H131NO5. The average molecular weight is 1030 g/mol. The first-order chi connectivity index (χ1) is 36.0. The molecule has 6 nitrogen and oxygen atoms in total. The number of aliphatic hydroxyl groups excluding tert-OH is 2. The van der Waals surface area contributed by atoms with Gasteiger partial charge >= 0.3 is 5.97 Å². The van der Waals surface area contributed by atoms with E-state index in [1.165, 1.54) is 302 Å². The van der Waals surface area contributed by atoms with Crippen LogP contribution < -0.4 is 5.32 Å². The maximum atomic E-state index is 12.5. The molecule has 73 heavy (non-hydrogen) atoms. The van der Waals surface area contributed by atoms with Gasteiger partial charge in [0, 0.05) is 12.8 Å². The fourth-order valence-corrected chi connectivity index (χ4v) is 10.7. The van der Waals surface area contributed by atoms with Gasteiger partial charge in [-0.25, -0.2) is 0 Å². The Labute approximate surface area is 457 Å². The van der Waals surface area contributed by atoms with Crippen LogP contribution in [0.25, 0.3) is 0 Å². The highest BCUT2D eigenvalue weighted by molar-refractivity contribution is 5.76. The molecule has 1 amide bonds. The lowest BCUT2D eigenvalue weighted by molar-refractivity contribution is -0.143. The third-order valence-electron chi connectivity index (χ3n) is 15.8. The highest BCUT2D eigenvalue weighted by Gasteiger charge is 2.20. The van der Waals surface area contributed by atoms with Crippen LogP contribution in [-0.2, 0) is 14.3 Å². The van der Waals surface area contributed by atoms with Crippen LogP contribution in [0.5, 0.6) is 0 Å². The van der Waals surface area contributed by atoms with E-state index in [0.717, 1.165) is 44.9 Å². The molecule has 0 aliphatic carbocycles. The lowest BCUT2D eigenvalue weighted by Crippen LogP contribution is -2.45. The van der Waals surface area contributed by atoms with Gasteiger partial charge in [0.15, 0.2) is 0 Å². The van der Waals surface area contributed by atoms with Gasteiger partial charge in [0.1, 0.15) is 0 Å². The molecule has 0 spiro atoms. The normalized spacial score (nSPS) is 12.5. The van der Waals surface area contributed by atoms with Crippen LogP contribution >= 0.6 is 0 Å². The molecule has 3 N–H and O–H groups in total. The van der Waals surface area contributed by atoms with Crippen molar-refractivity contribution in [3.8, 4) is 0 Å². The number of hydrogen-bond donors (Lipinski definition) is 3. The molecule has 0 heterocycles. The third-order valence-corrected chi connectivity index (χ3v) is 15.8. The number of allylic oxidation sites excluding steroid dienone is 2. The van der Waals surface area contributed by atoms with E-state index in [2.05, 4.69) is 31.3 Å². The van der Waals surface area contributed by atoms with Crippen LogP contribution in [0.15, 0.2) is 12.2 Å². The van der Waals surface area contributed by atoms with E-state index in [9.17, 15) is 19.8 Å². The summed E-state index contributed by atoms with van der Waals surface area (Å²) in [5, 5.41) is 23.2. The minimum Gasteiger partial charge on any atom is -0.466 e. The van der Waals surface area contributed by atoms with Gasteiger partial charge < -0.3 is 20.3 Å². The summed E-state index contributed by atoms with van der Waals surface area (Å²) in [4.78, 5) is 24.5. The molecule has 0 radical (unpaired) electrons. The van der Waals surface area contributed by atoms with Gasteiger partial charge in [-0.2, -0.15) is 0 Å². The van der Waals surface area contributed by atoms with Gasteiger partial charge in [-0.3, -0.25) is 9.59 Å². The summed E-state index contributed by atoms with van der Waals surface area (Å²) in [6, 6.07) is -0.536. The fourth-order valence-electron chi connectivity index (χ4n) is 10.7. The Balaban J connectivity index is 3.30. The Bertz CT molecular complexity index is 1100. The highest BCUT2D eigenvalue weighted by atomic mass is 16.5. The number of rotatable bonds is 63. The maximum absolute atomic E-state index is 12.5. The number of carbonyl (C=O) groups excluding carboxylic acids is 2. The second-order valence-corrected chi connectivity index (χ2v) is 23.2. The Morgan fingerprint density at radius 2 is 0.644 bits per heavy atom. The quantitative estimate of drug-likeness (QED) is 0.0320. The molecular weight excluding hydrogens is 899 g/mol. The Morgan fingerprint density at radius 1 is 0.370 bits per heavy atom. The van der Waals surface area contributed by atoms with Crippen molar-refractivity contribution in [2.75, 3.05) is 13.2 Å². The van der Waals surface area contributed by atoms with E-state index in [0.29, 0.717) is 25.9 Å². The number of nitrogens with one attached hydrogen (secondary N) is 1. The topological polar surface area (TPSA) is 95.9 Å². The first-order valence-corrected chi connectivity index (χ1v) is 33.4. The Hall–Kier alpha value is -1.40. The second-order valence-electron chi connectivity index (χ2n) is 23.2. The van der Waals surface area contributed by atoms with E-state index in [1.54, 1.807) is 0 Å². The first kappa shape index (κ1) is 71.6. The van der Waals surface area contributed by atoms with Crippen molar-refractivity contribution in [1.29, 1.82) is 0 Å². The molecule has 0 saturated heterocycles. The highest BCUT2D eigenvalue weighted by Crippen LogP contribution is 2.19. The summed E-state index contributed by atoms with van der Waals surface area (Å²) >= 11 is 0. The molecule has 0 aromatic rings. The fraction of sp³-hybridized carbons (Fsp3) is 0.940.